The van der Waals surface area contributed by atoms with Gasteiger partial charge in [-0.1, -0.05) is 85.7 Å². The number of hydrogen-bond donors (Lipinski definition) is 14. The highest BCUT2D eigenvalue weighted by molar-refractivity contribution is 8.46. The molecule has 16 rings (SSSR count). The fraction of sp³-hybridized carbons (Fsp3) is 0.577. The minimum Gasteiger partial charge on any atom is -0.383 e. The minimum atomic E-state index is -4.94. The first kappa shape index (κ1) is 109. The number of H-pyrrole nitrogens is 2. The summed E-state index contributed by atoms with van der Waals surface area (Å²) in [5.41, 5.74) is 26.0. The van der Waals surface area contributed by atoms with Gasteiger partial charge in [0.2, 0.25) is 0 Å². The number of rotatable bonds is 40. The van der Waals surface area contributed by atoms with Gasteiger partial charge >= 0.3 is 76.0 Å². The van der Waals surface area contributed by atoms with E-state index in [1.807, 2.05) is 0 Å². The maximum absolute atomic E-state index is 15.0. The number of anilines is 5. The van der Waals surface area contributed by atoms with E-state index in [0.717, 1.165) is 36.1 Å². The number of aromatic nitrogens is 18. The van der Waals surface area contributed by atoms with Crippen LogP contribution in [0.3, 0.4) is 0 Å². The zero-order valence-corrected chi connectivity index (χ0v) is 88.1. The molecular formula is C71H96N23O35P7S7. The van der Waals surface area contributed by atoms with Crippen molar-refractivity contribution in [2.45, 2.75) is 216 Å². The standard InChI is InChI=1S/C71H96N23O35P7S7/c1-30-15-88(67(97)83-58(30)72)49-9-38(44(117-49)21-110-131(103,138)123-36-8-54(116-35(36)6)93-28-81-56-61(75)77-26-79-63(56)93)125-133(105,140)112-22-45-39(10-50(118-45)89-16-31(2)59(73)84-68(89)98)126-135(107,142)115-25-48-42(13-53(121-48)92-19-34(5)66(96)87-71(92)101)129-136(108,143)113-23-46-40(11-51(119-46)90-17-32(3)60(74)85-69(90)99)127-134(106,141)114-24-47-41(12-52(120-47)91-18-33(4)65(95)86-70(91)100)128-132(104,139)111-20-43-37(124-130(102,137)109-7)14-55(122-43)94-29-82-57-62(76)78-27-80-64(57)94/h15-19,26-29,35-55H,8-14,20-25H2,1-7H3,(H,102,137)(H,103,138)(H,104,139)(H,105,140)(H,106,141)(H,107,142)(H,108,143)(H2,72,83,97)(H2,73,84,98)(H2,74,85,99)(H2,75,77,79)(H2,76,78,80)(H,86,95,100)(H,87,96,101)/t35-,36-,37-,38-,39-,40-,41-,42-,43-,44-,45-,46-,47-,48-,49-,50-,51-,52-,53-,54-,55-,130?,131?,132?,133?,134?,135?,136?/m1/s1. The number of nitrogen functional groups attached to an aromatic ring is 5. The van der Waals surface area contributed by atoms with Crippen molar-refractivity contribution in [3.8, 4) is 0 Å². The summed E-state index contributed by atoms with van der Waals surface area (Å²) < 4.78 is 236. The van der Waals surface area contributed by atoms with Gasteiger partial charge in [-0.05, 0) is 41.5 Å². The first-order chi connectivity index (χ1) is 67.2. The van der Waals surface area contributed by atoms with Crippen LogP contribution in [0.2, 0.25) is 0 Å². The summed E-state index contributed by atoms with van der Waals surface area (Å²) in [7, 11) is 1.09. The quantitative estimate of drug-likeness (QED) is 0.0140. The van der Waals surface area contributed by atoms with Crippen molar-refractivity contribution in [2.75, 3.05) is 75.4 Å². The van der Waals surface area contributed by atoms with Crippen LogP contribution in [-0.2, 0) is 128 Å². The number of thiol groups is 7. The van der Waals surface area contributed by atoms with E-state index in [4.69, 9.17) is 125 Å². The molecule has 7 aliphatic heterocycles. The second kappa shape index (κ2) is 43.7. The van der Waals surface area contributed by atoms with E-state index in [-0.39, 0.29) is 82.6 Å². The molecule has 782 valence electrons. The Morgan fingerprint density at radius 1 is 0.329 bits per heavy atom. The van der Waals surface area contributed by atoms with Crippen LogP contribution in [0.15, 0.2) is 89.9 Å². The molecule has 7 fully saturated rings. The highest BCUT2D eigenvalue weighted by atomic mass is 32.7. The highest BCUT2D eigenvalue weighted by Gasteiger charge is 2.53. The number of nitrogens with zero attached hydrogens (tertiary/aromatic N) is 16. The first-order valence-electron chi connectivity index (χ1n) is 42.9. The van der Waals surface area contributed by atoms with Gasteiger partial charge in [-0.25, -0.2) is 85.8 Å². The molecule has 0 aliphatic carbocycles. The van der Waals surface area contributed by atoms with Crippen LogP contribution in [0.5, 0.6) is 0 Å². The lowest BCUT2D eigenvalue weighted by Gasteiger charge is -2.27. The van der Waals surface area contributed by atoms with Crippen molar-refractivity contribution in [3.63, 3.8) is 0 Å². The van der Waals surface area contributed by atoms with Crippen molar-refractivity contribution in [1.29, 1.82) is 0 Å². The molecule has 7 unspecified atom stereocenters. The van der Waals surface area contributed by atoms with E-state index < -0.39 is 275 Å². The molecule has 0 saturated carbocycles. The number of aryl methyl sites for hydroxylation is 5. The number of aromatic amines is 2. The number of nitrogens with two attached hydrogens (primary N) is 5. The lowest BCUT2D eigenvalue weighted by Crippen LogP contribution is -2.33. The van der Waals surface area contributed by atoms with Crippen LogP contribution in [-0.4, -0.2) is 219 Å². The van der Waals surface area contributed by atoms with Crippen LogP contribution in [0.4, 0.5) is 29.1 Å². The topological polar surface area (TPSA) is 745 Å². The molecule has 9 aromatic heterocycles. The molecule has 0 aromatic carbocycles. The lowest BCUT2D eigenvalue weighted by atomic mass is 10.2. The van der Waals surface area contributed by atoms with Crippen molar-refractivity contribution in [2.24, 2.45) is 0 Å². The predicted octanol–water partition coefficient (Wildman–Crippen LogP) is 6.73. The van der Waals surface area contributed by atoms with Crippen molar-refractivity contribution >= 4 is 185 Å². The zero-order valence-electron chi connectivity index (χ0n) is 75.6. The van der Waals surface area contributed by atoms with Crippen LogP contribution < -0.4 is 68.2 Å². The van der Waals surface area contributed by atoms with E-state index in [0.29, 0.717) is 22.3 Å². The summed E-state index contributed by atoms with van der Waals surface area (Å²) in [4.78, 5) is 134. The molecule has 143 heavy (non-hydrogen) atoms. The van der Waals surface area contributed by atoms with Gasteiger partial charge in [0.25, 0.3) is 11.1 Å². The van der Waals surface area contributed by atoms with Gasteiger partial charge in [0.15, 0.2) is 22.9 Å². The average Bonchev–Trinajstić information content (AvgIpc) is 1.64. The molecule has 28 atom stereocenters. The third-order valence-corrected chi connectivity index (χ3v) is 35.3. The molecule has 0 spiro atoms. The summed E-state index contributed by atoms with van der Waals surface area (Å²) in [5, 5.41) is 0. The highest BCUT2D eigenvalue weighted by Crippen LogP contribution is 2.65. The molecule has 7 aliphatic rings. The minimum absolute atomic E-state index is 0.0150. The number of imidazole rings is 2. The van der Waals surface area contributed by atoms with Gasteiger partial charge in [0, 0.05) is 111 Å². The van der Waals surface area contributed by atoms with Gasteiger partial charge in [-0.3, -0.25) is 110 Å². The van der Waals surface area contributed by atoms with Gasteiger partial charge in [0.05, 0.1) is 64.5 Å². The summed E-state index contributed by atoms with van der Waals surface area (Å²) in [5.74, 6) is -0.190. The van der Waals surface area contributed by atoms with Crippen LogP contribution in [0.25, 0.3) is 22.3 Å². The number of hydrogen-bond acceptors (Lipinski definition) is 49. The number of nitrogens with one attached hydrogen (secondary N) is 2. The van der Waals surface area contributed by atoms with Crippen LogP contribution >= 0.6 is 133 Å². The molecule has 72 heteroatoms. The SMILES string of the molecule is COP(=O)(S)O[C@@H]1C[C@H](n2cnc3c(N)ncnc32)O[C@@H]1COP(=O)(S)O[C@@H]1C[C@H](n2cc(C)c(=O)[nH]c2=O)O[C@@H]1COP(=O)(S)O[C@@H]1C[C@H](n2cc(C)c(N)nc2=O)O[C@@H]1COP(=O)(S)O[C@@H]1C[C@H](n2cc(C)c(=O)[nH]c2=O)O[C@@H]1COP(=O)(S)O[C@@H]1C[C@H](n2cc(C)c(N)nc2=O)O[C@@H]1COP(=O)(S)O[C@@H]1C[C@H](n2cc(C)c(N)nc2=O)O[C@@H]1COP(=O)(S)O[C@@H]1C[C@H](n2cnc3c(N)ncnc32)O[C@@H]1C. The van der Waals surface area contributed by atoms with Crippen LogP contribution in [0.1, 0.15) is 123 Å². The predicted molar refractivity (Wildman–Crippen MR) is 523 cm³/mol. The summed E-state index contributed by atoms with van der Waals surface area (Å²) in [6, 6.07) is 0. The molecule has 0 radical (unpaired) electrons. The third-order valence-electron chi connectivity index (χ3n) is 23.7. The molecule has 9 aromatic rings. The summed E-state index contributed by atoms with van der Waals surface area (Å²) in [6.07, 6.45) is -18.1. The second-order valence-electron chi connectivity index (χ2n) is 33.6. The Kier molecular flexibility index (Phi) is 33.3. The van der Waals surface area contributed by atoms with Gasteiger partial charge in [-0.15, -0.1) is 0 Å². The van der Waals surface area contributed by atoms with Crippen LogP contribution in [0, 0.1) is 34.6 Å². The number of fused-ring (bicyclic) bond motifs is 2. The fourth-order valence-corrected chi connectivity index (χ4v) is 26.6. The van der Waals surface area contributed by atoms with Gasteiger partial charge in [-0.2, -0.15) is 15.0 Å². The lowest BCUT2D eigenvalue weighted by molar-refractivity contribution is -0.0542. The monoisotopic (exact) mass is 2270 g/mol. The average molecular weight is 2270 g/mol. The smallest absolute Gasteiger partial charge is 0.383 e. The normalized spacial score (nSPS) is 29.8. The molecule has 58 nitrogen and oxygen atoms in total. The van der Waals surface area contributed by atoms with Crippen molar-refractivity contribution < 1.29 is 128 Å². The Balaban J connectivity index is 0.599. The Hall–Kier alpha value is -6.68. The molecule has 0 amide bonds. The van der Waals surface area contributed by atoms with Crippen molar-refractivity contribution in [1.82, 2.24) is 86.8 Å². The molecule has 7 saturated heterocycles. The first-order valence-corrected chi connectivity index (χ1v) is 61.7. The van der Waals surface area contributed by atoms with E-state index in [1.54, 1.807) is 18.4 Å². The molecule has 0 bridgehead atoms. The third kappa shape index (κ3) is 25.8. The molecule has 16 heterocycles. The summed E-state index contributed by atoms with van der Waals surface area (Å²) >= 11 is 29.9. The summed E-state index contributed by atoms with van der Waals surface area (Å²) in [6.45, 7) is -28.4. The van der Waals surface area contributed by atoms with E-state index in [1.165, 1.54) is 82.4 Å². The molecule has 12 N–H and O–H groups in total. The Labute approximate surface area is 842 Å². The van der Waals surface area contributed by atoms with E-state index >= 15 is 0 Å². The second-order valence-corrected chi connectivity index (χ2v) is 53.8. The van der Waals surface area contributed by atoms with Gasteiger partial charge in [0.1, 0.15) is 158 Å². The largest absolute Gasteiger partial charge is 0.386 e. The Bertz CT molecular complexity index is 7160. The maximum atomic E-state index is 15.0. The Morgan fingerprint density at radius 2 is 0.566 bits per heavy atom. The van der Waals surface area contributed by atoms with E-state index in [2.05, 4.69) is 141 Å². The fourth-order valence-electron chi connectivity index (χ4n) is 16.4. The Morgan fingerprint density at radius 3 is 0.846 bits per heavy atom. The number of ether oxygens (including phenoxy) is 7. The maximum Gasteiger partial charge on any atom is 0.386 e. The zero-order chi connectivity index (χ0) is 103. The molecular weight excluding hydrogens is 2180 g/mol. The van der Waals surface area contributed by atoms with E-state index in [9.17, 15) is 65.5 Å². The van der Waals surface area contributed by atoms with Crippen molar-refractivity contribution in [3.05, 3.63) is 157 Å². The van der Waals surface area contributed by atoms with Gasteiger partial charge < -0.3 is 66.4 Å².